The Hall–Kier alpha value is -1.30. The third-order valence-electron chi connectivity index (χ3n) is 4.42. The maximum absolute atomic E-state index is 12.4. The molecular weight excluding hydrogens is 244 g/mol. The molecule has 3 unspecified atom stereocenters. The zero-order valence-electron chi connectivity index (χ0n) is 12.3. The lowest BCUT2D eigenvalue weighted by Gasteiger charge is -2.37. The SMILES string of the molecule is CCC(C)(C(=O)NC1CCN(C)C(C)C1)C(N)=NO. The van der Waals surface area contributed by atoms with E-state index in [4.69, 9.17) is 10.9 Å². The van der Waals surface area contributed by atoms with Gasteiger partial charge < -0.3 is 21.2 Å². The van der Waals surface area contributed by atoms with Crippen LogP contribution in [-0.2, 0) is 4.79 Å². The lowest BCUT2D eigenvalue weighted by molar-refractivity contribution is -0.128. The maximum Gasteiger partial charge on any atom is 0.233 e. The first-order valence-electron chi connectivity index (χ1n) is 6.84. The lowest BCUT2D eigenvalue weighted by atomic mass is 9.84. The molecule has 0 aromatic rings. The highest BCUT2D eigenvalue weighted by atomic mass is 16.4. The Bertz CT molecular complexity index is 359. The third kappa shape index (κ3) is 3.37. The van der Waals surface area contributed by atoms with Gasteiger partial charge in [-0.25, -0.2) is 0 Å². The summed E-state index contributed by atoms with van der Waals surface area (Å²) < 4.78 is 0. The predicted octanol–water partition coefficient (Wildman–Crippen LogP) is 0.748. The molecule has 0 bridgehead atoms. The average Bonchev–Trinajstić information content (AvgIpc) is 2.40. The highest BCUT2D eigenvalue weighted by Gasteiger charge is 2.38. The van der Waals surface area contributed by atoms with Gasteiger partial charge in [-0.1, -0.05) is 12.1 Å². The second-order valence-corrected chi connectivity index (χ2v) is 5.70. The zero-order valence-corrected chi connectivity index (χ0v) is 12.3. The van der Waals surface area contributed by atoms with E-state index in [0.717, 1.165) is 19.4 Å². The van der Waals surface area contributed by atoms with Crippen LogP contribution in [0.3, 0.4) is 0 Å². The van der Waals surface area contributed by atoms with Crippen LogP contribution in [-0.4, -0.2) is 47.5 Å². The van der Waals surface area contributed by atoms with Gasteiger partial charge in [0.15, 0.2) is 5.84 Å². The van der Waals surface area contributed by atoms with E-state index in [9.17, 15) is 4.79 Å². The van der Waals surface area contributed by atoms with Gasteiger partial charge in [0, 0.05) is 18.6 Å². The lowest BCUT2D eigenvalue weighted by Crippen LogP contribution is -2.53. The number of nitrogens with two attached hydrogens (primary N) is 1. The average molecular weight is 270 g/mol. The summed E-state index contributed by atoms with van der Waals surface area (Å²) in [7, 11) is 2.09. The Labute approximate surface area is 115 Å². The van der Waals surface area contributed by atoms with Crippen LogP contribution in [0.2, 0.25) is 0 Å². The van der Waals surface area contributed by atoms with Crippen molar-refractivity contribution in [1.82, 2.24) is 10.2 Å². The molecule has 1 heterocycles. The molecule has 1 aliphatic rings. The number of hydrogen-bond acceptors (Lipinski definition) is 4. The van der Waals surface area contributed by atoms with Gasteiger partial charge in [0.2, 0.25) is 5.91 Å². The van der Waals surface area contributed by atoms with Crippen molar-refractivity contribution in [3.63, 3.8) is 0 Å². The Kier molecular flexibility index (Phi) is 5.17. The molecule has 6 heteroatoms. The number of carbonyl (C=O) groups is 1. The fourth-order valence-corrected chi connectivity index (χ4v) is 2.33. The number of nitrogens with zero attached hydrogens (tertiary/aromatic N) is 2. The molecule has 0 aromatic heterocycles. The van der Waals surface area contributed by atoms with Gasteiger partial charge in [0.1, 0.15) is 5.41 Å². The number of amides is 1. The summed E-state index contributed by atoms with van der Waals surface area (Å²) >= 11 is 0. The first-order valence-corrected chi connectivity index (χ1v) is 6.84. The molecule has 0 spiro atoms. The monoisotopic (exact) mass is 270 g/mol. The number of oxime groups is 1. The van der Waals surface area contributed by atoms with E-state index in [-0.39, 0.29) is 17.8 Å². The highest BCUT2D eigenvalue weighted by Crippen LogP contribution is 2.23. The Morgan fingerprint density at radius 3 is 2.74 bits per heavy atom. The molecule has 3 atom stereocenters. The molecular formula is C13H26N4O2. The van der Waals surface area contributed by atoms with Crippen molar-refractivity contribution in [3.05, 3.63) is 0 Å². The normalized spacial score (nSPS) is 28.7. The van der Waals surface area contributed by atoms with Crippen LogP contribution < -0.4 is 11.1 Å². The first kappa shape index (κ1) is 15.8. The van der Waals surface area contributed by atoms with Gasteiger partial charge in [-0.15, -0.1) is 0 Å². The topological polar surface area (TPSA) is 91.0 Å². The van der Waals surface area contributed by atoms with Crippen molar-refractivity contribution < 1.29 is 10.0 Å². The fourth-order valence-electron chi connectivity index (χ4n) is 2.33. The van der Waals surface area contributed by atoms with Gasteiger partial charge in [0.05, 0.1) is 0 Å². The second-order valence-electron chi connectivity index (χ2n) is 5.70. The summed E-state index contributed by atoms with van der Waals surface area (Å²) in [4.78, 5) is 14.6. The number of likely N-dealkylation sites (tertiary alicyclic amines) is 1. The van der Waals surface area contributed by atoms with Crippen molar-refractivity contribution in [1.29, 1.82) is 0 Å². The quantitative estimate of drug-likeness (QED) is 0.304. The molecule has 0 aromatic carbocycles. The van der Waals surface area contributed by atoms with Gasteiger partial charge in [-0.05, 0) is 40.2 Å². The van der Waals surface area contributed by atoms with Crippen LogP contribution >= 0.6 is 0 Å². The van der Waals surface area contributed by atoms with Gasteiger partial charge in [0.25, 0.3) is 0 Å². The molecule has 1 amide bonds. The number of hydrogen-bond donors (Lipinski definition) is 3. The van der Waals surface area contributed by atoms with E-state index in [1.54, 1.807) is 6.92 Å². The standard InChI is InChI=1S/C13H26N4O2/c1-5-13(3,11(14)16-19)12(18)15-10-6-7-17(4)9(2)8-10/h9-10,19H,5-8H2,1-4H3,(H2,14,16)(H,15,18). The third-order valence-corrected chi connectivity index (χ3v) is 4.42. The van der Waals surface area contributed by atoms with Crippen molar-refractivity contribution in [3.8, 4) is 0 Å². The maximum atomic E-state index is 12.4. The fraction of sp³-hybridized carbons (Fsp3) is 0.846. The van der Waals surface area contributed by atoms with E-state index < -0.39 is 5.41 Å². The number of nitrogens with one attached hydrogen (secondary N) is 1. The van der Waals surface area contributed by atoms with Crippen molar-refractivity contribution in [2.75, 3.05) is 13.6 Å². The summed E-state index contributed by atoms with van der Waals surface area (Å²) in [6.07, 6.45) is 2.36. The number of piperidine rings is 1. The Morgan fingerprint density at radius 1 is 1.63 bits per heavy atom. The summed E-state index contributed by atoms with van der Waals surface area (Å²) in [5, 5.41) is 14.8. The van der Waals surface area contributed by atoms with Crippen LogP contribution in [0.15, 0.2) is 5.16 Å². The van der Waals surface area contributed by atoms with Gasteiger partial charge in [-0.3, -0.25) is 4.79 Å². The molecule has 0 saturated carbocycles. The summed E-state index contributed by atoms with van der Waals surface area (Å²) in [5.74, 6) is -0.194. The molecule has 6 nitrogen and oxygen atoms in total. The minimum Gasteiger partial charge on any atom is -0.409 e. The molecule has 0 radical (unpaired) electrons. The van der Waals surface area contributed by atoms with Crippen LogP contribution in [0.4, 0.5) is 0 Å². The molecule has 1 rings (SSSR count). The predicted molar refractivity (Wildman–Crippen MR) is 75.1 cm³/mol. The van der Waals surface area contributed by atoms with E-state index in [1.807, 2.05) is 6.92 Å². The smallest absolute Gasteiger partial charge is 0.233 e. The summed E-state index contributed by atoms with van der Waals surface area (Å²) in [6, 6.07) is 0.617. The summed E-state index contributed by atoms with van der Waals surface area (Å²) in [5.41, 5.74) is 4.71. The zero-order chi connectivity index (χ0) is 14.6. The van der Waals surface area contributed by atoms with Crippen molar-refractivity contribution in [2.45, 2.75) is 52.1 Å². The molecule has 19 heavy (non-hydrogen) atoms. The van der Waals surface area contributed by atoms with Gasteiger partial charge in [-0.2, -0.15) is 0 Å². The summed E-state index contributed by atoms with van der Waals surface area (Å²) in [6.45, 7) is 6.68. The Balaban J connectivity index is 2.68. The van der Waals surface area contributed by atoms with Crippen LogP contribution in [0.1, 0.15) is 40.0 Å². The largest absolute Gasteiger partial charge is 0.409 e. The van der Waals surface area contributed by atoms with Crippen LogP contribution in [0, 0.1) is 5.41 Å². The minimum atomic E-state index is -0.943. The van der Waals surface area contributed by atoms with Crippen molar-refractivity contribution >= 4 is 11.7 Å². The highest BCUT2D eigenvalue weighted by molar-refractivity contribution is 6.06. The molecule has 4 N–H and O–H groups in total. The molecule has 1 saturated heterocycles. The molecule has 1 aliphatic heterocycles. The van der Waals surface area contributed by atoms with E-state index >= 15 is 0 Å². The van der Waals surface area contributed by atoms with E-state index in [0.29, 0.717) is 12.5 Å². The molecule has 110 valence electrons. The molecule has 0 aliphatic carbocycles. The number of rotatable bonds is 4. The van der Waals surface area contributed by atoms with Crippen LogP contribution in [0.5, 0.6) is 0 Å². The van der Waals surface area contributed by atoms with E-state index in [2.05, 4.69) is 29.3 Å². The second kappa shape index (κ2) is 6.23. The number of amidine groups is 1. The van der Waals surface area contributed by atoms with Crippen molar-refractivity contribution in [2.24, 2.45) is 16.3 Å². The van der Waals surface area contributed by atoms with E-state index in [1.165, 1.54) is 0 Å². The minimum absolute atomic E-state index is 0.0338. The molecule has 1 fully saturated rings. The first-order chi connectivity index (χ1) is 8.85. The Morgan fingerprint density at radius 2 is 2.26 bits per heavy atom. The van der Waals surface area contributed by atoms with Gasteiger partial charge >= 0.3 is 0 Å². The number of carbonyl (C=O) groups excluding carboxylic acids is 1. The van der Waals surface area contributed by atoms with Crippen LogP contribution in [0.25, 0.3) is 0 Å².